The summed E-state index contributed by atoms with van der Waals surface area (Å²) < 4.78 is 0. The average molecular weight is 392 g/mol. The number of halogens is 1. The average Bonchev–Trinajstić information content (AvgIpc) is 3.26. The quantitative estimate of drug-likeness (QED) is 0.492. The second-order valence-corrected chi connectivity index (χ2v) is 7.29. The van der Waals surface area contributed by atoms with Crippen molar-refractivity contribution in [1.29, 1.82) is 0 Å². The molecule has 1 aliphatic heterocycles. The number of allylic oxidation sites excluding steroid dienone is 1. The van der Waals surface area contributed by atoms with Gasteiger partial charge in [-0.05, 0) is 29.2 Å². The molecule has 1 saturated heterocycles. The molecule has 0 bridgehead atoms. The fraction of sp³-hybridized carbons (Fsp3) is 0.240. The zero-order chi connectivity index (χ0) is 18.6. The number of carbonyl (C=O) groups excluding carboxylic acids is 1. The molecule has 1 unspecified atom stereocenters. The summed E-state index contributed by atoms with van der Waals surface area (Å²) in [5.74, 6) is 0.0230. The van der Waals surface area contributed by atoms with Crippen LogP contribution in [0.4, 0.5) is 0 Å². The zero-order valence-electron chi connectivity index (χ0n) is 16.2. The largest absolute Gasteiger partial charge is 0.371 e. The highest BCUT2D eigenvalue weighted by Crippen LogP contribution is 2.31. The van der Waals surface area contributed by atoms with Crippen LogP contribution in [-0.4, -0.2) is 23.8 Å². The molecule has 0 aliphatic carbocycles. The molecular weight excluding hydrogens is 366 g/mol. The van der Waals surface area contributed by atoms with Crippen molar-refractivity contribution in [2.45, 2.75) is 25.7 Å². The van der Waals surface area contributed by atoms with Crippen molar-refractivity contribution in [3.05, 3.63) is 90.0 Å². The number of ketones is 1. The van der Waals surface area contributed by atoms with Crippen molar-refractivity contribution in [1.82, 2.24) is 4.90 Å². The third kappa shape index (κ3) is 4.13. The molecular formula is C25H26ClNO. The van der Waals surface area contributed by atoms with Crippen LogP contribution in [0.5, 0.6) is 0 Å². The molecule has 0 amide bonds. The predicted molar refractivity (Wildman–Crippen MR) is 120 cm³/mol. The van der Waals surface area contributed by atoms with Gasteiger partial charge >= 0.3 is 0 Å². The Bertz CT molecular complexity index is 969. The highest BCUT2D eigenvalue weighted by Gasteiger charge is 2.21. The molecule has 1 aliphatic rings. The fourth-order valence-corrected chi connectivity index (χ4v) is 3.91. The summed E-state index contributed by atoms with van der Waals surface area (Å²) in [6.45, 7) is 4.03. The smallest absolute Gasteiger partial charge is 0.164 e. The normalized spacial score (nSPS) is 15.3. The molecule has 3 heteroatoms. The van der Waals surface area contributed by atoms with E-state index in [1.54, 1.807) is 0 Å². The van der Waals surface area contributed by atoms with Crippen LogP contribution in [-0.2, 0) is 4.79 Å². The minimum atomic E-state index is -0.140. The third-order valence-corrected chi connectivity index (χ3v) is 5.52. The Hall–Kier alpha value is -2.58. The highest BCUT2D eigenvalue weighted by atomic mass is 35.5. The summed E-state index contributed by atoms with van der Waals surface area (Å²) in [5.41, 5.74) is 3.29. The lowest BCUT2D eigenvalue weighted by Crippen LogP contribution is -2.20. The van der Waals surface area contributed by atoms with Gasteiger partial charge in [0.25, 0.3) is 0 Å². The Balaban J connectivity index is 0.00000225. The monoisotopic (exact) mass is 391 g/mol. The van der Waals surface area contributed by atoms with Crippen LogP contribution in [0.15, 0.2) is 78.9 Å². The highest BCUT2D eigenvalue weighted by molar-refractivity contribution is 6.03. The molecule has 1 heterocycles. The minimum Gasteiger partial charge on any atom is -0.371 e. The summed E-state index contributed by atoms with van der Waals surface area (Å²) in [4.78, 5) is 15.5. The van der Waals surface area contributed by atoms with Crippen LogP contribution in [0.3, 0.4) is 0 Å². The number of hydrogen-bond donors (Lipinski definition) is 0. The van der Waals surface area contributed by atoms with E-state index in [2.05, 4.69) is 47.4 Å². The summed E-state index contributed by atoms with van der Waals surface area (Å²) in [7, 11) is 0. The molecule has 1 fully saturated rings. The zero-order valence-corrected chi connectivity index (χ0v) is 17.0. The van der Waals surface area contributed by atoms with Gasteiger partial charge in [-0.2, -0.15) is 0 Å². The van der Waals surface area contributed by atoms with E-state index in [1.165, 1.54) is 23.6 Å². The maximum absolute atomic E-state index is 13.1. The van der Waals surface area contributed by atoms with E-state index >= 15 is 0 Å². The molecule has 2 nitrogen and oxygen atoms in total. The van der Waals surface area contributed by atoms with Crippen LogP contribution in [0.2, 0.25) is 0 Å². The minimum absolute atomic E-state index is 0. The molecule has 28 heavy (non-hydrogen) atoms. The van der Waals surface area contributed by atoms with Gasteiger partial charge in [-0.25, -0.2) is 0 Å². The first-order chi connectivity index (χ1) is 13.2. The maximum Gasteiger partial charge on any atom is 0.164 e. The van der Waals surface area contributed by atoms with E-state index in [4.69, 9.17) is 0 Å². The van der Waals surface area contributed by atoms with Crippen LogP contribution in [0, 0.1) is 0 Å². The van der Waals surface area contributed by atoms with E-state index in [1.807, 2.05) is 43.3 Å². The number of benzene rings is 3. The van der Waals surface area contributed by atoms with Gasteiger partial charge in [0.2, 0.25) is 0 Å². The van der Waals surface area contributed by atoms with Crippen molar-refractivity contribution in [2.24, 2.45) is 0 Å². The number of nitrogens with zero attached hydrogens (tertiary/aromatic N) is 1. The molecule has 0 aromatic heterocycles. The molecule has 0 spiro atoms. The summed E-state index contributed by atoms with van der Waals surface area (Å²) >= 11 is 0. The number of likely N-dealkylation sites (tertiary alicyclic amines) is 1. The van der Waals surface area contributed by atoms with Gasteiger partial charge in [0.15, 0.2) is 5.78 Å². The van der Waals surface area contributed by atoms with Crippen molar-refractivity contribution in [2.75, 3.05) is 13.1 Å². The second-order valence-electron chi connectivity index (χ2n) is 7.29. The summed E-state index contributed by atoms with van der Waals surface area (Å²) in [5, 5.41) is 2.42. The second kappa shape index (κ2) is 9.07. The van der Waals surface area contributed by atoms with Crippen LogP contribution >= 0.6 is 12.4 Å². The Morgan fingerprint density at radius 1 is 0.893 bits per heavy atom. The SMILES string of the molecule is CC(C(=O)C=C(c1cccc2ccccc12)N1CCCC1)c1ccccc1.Cl. The van der Waals surface area contributed by atoms with Crippen LogP contribution < -0.4 is 0 Å². The Morgan fingerprint density at radius 2 is 1.54 bits per heavy atom. The Kier molecular flexibility index (Phi) is 6.53. The van der Waals surface area contributed by atoms with Crippen molar-refractivity contribution in [3.63, 3.8) is 0 Å². The maximum atomic E-state index is 13.1. The first-order valence-electron chi connectivity index (χ1n) is 9.77. The molecule has 1 atom stereocenters. The fourth-order valence-electron chi connectivity index (χ4n) is 3.91. The van der Waals surface area contributed by atoms with E-state index in [-0.39, 0.29) is 24.1 Å². The molecule has 4 rings (SSSR count). The van der Waals surface area contributed by atoms with Gasteiger partial charge in [0, 0.05) is 36.3 Å². The molecule has 0 saturated carbocycles. The molecule has 0 radical (unpaired) electrons. The molecule has 3 aromatic rings. The van der Waals surface area contributed by atoms with E-state index in [0.29, 0.717) is 0 Å². The number of fused-ring (bicyclic) bond motifs is 1. The van der Waals surface area contributed by atoms with Gasteiger partial charge < -0.3 is 4.90 Å². The van der Waals surface area contributed by atoms with Crippen molar-refractivity contribution < 1.29 is 4.79 Å². The van der Waals surface area contributed by atoms with Gasteiger partial charge in [-0.1, -0.05) is 79.7 Å². The lowest BCUT2D eigenvalue weighted by molar-refractivity contribution is -0.115. The van der Waals surface area contributed by atoms with E-state index in [9.17, 15) is 4.79 Å². The summed E-state index contributed by atoms with van der Waals surface area (Å²) in [6, 6.07) is 24.8. The van der Waals surface area contributed by atoms with Gasteiger partial charge in [-0.15, -0.1) is 12.4 Å². The Morgan fingerprint density at radius 3 is 2.29 bits per heavy atom. The van der Waals surface area contributed by atoms with Gasteiger partial charge in [0.1, 0.15) is 0 Å². The predicted octanol–water partition coefficient (Wildman–Crippen LogP) is 6.07. The number of hydrogen-bond acceptors (Lipinski definition) is 2. The topological polar surface area (TPSA) is 20.3 Å². The first kappa shape index (κ1) is 20.2. The van der Waals surface area contributed by atoms with Gasteiger partial charge in [-0.3, -0.25) is 4.79 Å². The Labute approximate surface area is 173 Å². The molecule has 3 aromatic carbocycles. The molecule has 144 valence electrons. The van der Waals surface area contributed by atoms with Crippen molar-refractivity contribution in [3.8, 4) is 0 Å². The first-order valence-corrected chi connectivity index (χ1v) is 9.77. The molecule has 0 N–H and O–H groups in total. The standard InChI is InChI=1S/C25H25NO.ClH/c1-19(20-10-3-2-4-11-20)25(27)18-24(26-16-7-8-17-26)23-15-9-13-21-12-5-6-14-22(21)23;/h2-6,9-15,18-19H,7-8,16-17H2,1H3;1H. The third-order valence-electron chi connectivity index (χ3n) is 5.52. The summed E-state index contributed by atoms with van der Waals surface area (Å²) in [6.07, 6.45) is 4.25. The lowest BCUT2D eigenvalue weighted by atomic mass is 9.94. The van der Waals surface area contributed by atoms with E-state index in [0.717, 1.165) is 29.9 Å². The van der Waals surface area contributed by atoms with E-state index < -0.39 is 0 Å². The van der Waals surface area contributed by atoms with Crippen LogP contribution in [0.1, 0.15) is 36.8 Å². The van der Waals surface area contributed by atoms with Crippen LogP contribution in [0.25, 0.3) is 16.5 Å². The van der Waals surface area contributed by atoms with Crippen molar-refractivity contribution >= 4 is 34.7 Å². The van der Waals surface area contributed by atoms with Gasteiger partial charge in [0.05, 0.1) is 0 Å². The number of rotatable bonds is 5. The lowest BCUT2D eigenvalue weighted by Gasteiger charge is -2.23. The number of carbonyl (C=O) groups is 1.